The van der Waals surface area contributed by atoms with Crippen LogP contribution in [0.15, 0.2) is 10.5 Å². The molecule has 1 aromatic rings. The molecule has 4 heteroatoms. The highest BCUT2D eigenvalue weighted by molar-refractivity contribution is 9.10. The molecular weight excluding hydrogens is 282 g/mol. The van der Waals surface area contributed by atoms with Crippen molar-refractivity contribution in [1.29, 1.82) is 0 Å². The molecule has 3 nitrogen and oxygen atoms in total. The van der Waals surface area contributed by atoms with Crippen LogP contribution in [0.2, 0.25) is 0 Å². The van der Waals surface area contributed by atoms with Crippen LogP contribution in [-0.4, -0.2) is 20.8 Å². The van der Waals surface area contributed by atoms with Crippen molar-refractivity contribution in [2.24, 2.45) is 5.73 Å². The molecule has 0 spiro atoms. The Kier molecular flexibility index (Phi) is 3.36. The summed E-state index contributed by atoms with van der Waals surface area (Å²) in [6, 6.07) is 2.09. The van der Waals surface area contributed by atoms with Crippen molar-refractivity contribution >= 4 is 15.9 Å². The number of hydrogen-bond donors (Lipinski definition) is 1. The minimum Gasteiger partial charge on any atom is -0.496 e. The molecule has 0 atom stereocenters. The topological polar surface area (TPSA) is 44.5 Å². The van der Waals surface area contributed by atoms with E-state index in [9.17, 15) is 0 Å². The van der Waals surface area contributed by atoms with Gasteiger partial charge in [0.25, 0.3) is 0 Å². The Balaban J connectivity index is 2.60. The molecule has 1 aliphatic carbocycles. The first kappa shape index (κ1) is 12.7. The zero-order chi connectivity index (χ0) is 12.6. The summed E-state index contributed by atoms with van der Waals surface area (Å²) in [7, 11) is 3.37. The number of rotatable bonds is 4. The van der Waals surface area contributed by atoms with E-state index in [1.807, 2.05) is 6.92 Å². The number of benzene rings is 1. The normalized spacial score (nSPS) is 16.8. The lowest BCUT2D eigenvalue weighted by molar-refractivity contribution is 0.380. The molecule has 1 fully saturated rings. The van der Waals surface area contributed by atoms with E-state index in [1.54, 1.807) is 14.2 Å². The van der Waals surface area contributed by atoms with Gasteiger partial charge in [0.2, 0.25) is 0 Å². The predicted octanol–water partition coefficient (Wildman–Crippen LogP) is 2.77. The van der Waals surface area contributed by atoms with Crippen LogP contribution in [0.25, 0.3) is 0 Å². The van der Waals surface area contributed by atoms with Crippen molar-refractivity contribution in [2.75, 3.05) is 20.8 Å². The molecule has 1 aromatic carbocycles. The molecule has 1 aliphatic rings. The smallest absolute Gasteiger partial charge is 0.139 e. The van der Waals surface area contributed by atoms with Gasteiger partial charge in [-0.15, -0.1) is 0 Å². The number of methoxy groups -OCH3 is 2. The van der Waals surface area contributed by atoms with E-state index in [1.165, 1.54) is 5.56 Å². The zero-order valence-corrected chi connectivity index (χ0v) is 12.1. The fourth-order valence-electron chi connectivity index (χ4n) is 2.38. The van der Waals surface area contributed by atoms with Gasteiger partial charge in [0.05, 0.1) is 18.7 Å². The number of nitrogens with two attached hydrogens (primary N) is 1. The van der Waals surface area contributed by atoms with Gasteiger partial charge in [-0.2, -0.15) is 0 Å². The van der Waals surface area contributed by atoms with Gasteiger partial charge in [-0.05, 0) is 41.8 Å². The first-order chi connectivity index (χ1) is 8.09. The molecular formula is C13H18BrNO2. The minimum absolute atomic E-state index is 0.116. The third kappa shape index (κ3) is 1.93. The third-order valence-corrected chi connectivity index (χ3v) is 4.23. The molecule has 0 unspecified atom stereocenters. The predicted molar refractivity (Wildman–Crippen MR) is 71.9 cm³/mol. The second-order valence-corrected chi connectivity index (χ2v) is 5.44. The van der Waals surface area contributed by atoms with E-state index in [4.69, 9.17) is 15.2 Å². The van der Waals surface area contributed by atoms with Gasteiger partial charge >= 0.3 is 0 Å². The Morgan fingerprint density at radius 3 is 2.29 bits per heavy atom. The minimum atomic E-state index is 0.116. The van der Waals surface area contributed by atoms with Crippen molar-refractivity contribution in [3.8, 4) is 11.5 Å². The first-order valence-electron chi connectivity index (χ1n) is 5.71. The summed E-state index contributed by atoms with van der Waals surface area (Å²) in [5.41, 5.74) is 8.24. The molecule has 94 valence electrons. The largest absolute Gasteiger partial charge is 0.496 e. The second kappa shape index (κ2) is 4.50. The fraction of sp³-hybridized carbons (Fsp3) is 0.538. The van der Waals surface area contributed by atoms with Gasteiger partial charge in [-0.1, -0.05) is 0 Å². The van der Waals surface area contributed by atoms with Crippen molar-refractivity contribution in [1.82, 2.24) is 0 Å². The van der Waals surface area contributed by atoms with Gasteiger partial charge in [0.1, 0.15) is 11.5 Å². The molecule has 2 N–H and O–H groups in total. The van der Waals surface area contributed by atoms with E-state index < -0.39 is 0 Å². The van der Waals surface area contributed by atoms with Crippen LogP contribution >= 0.6 is 15.9 Å². The average molecular weight is 300 g/mol. The monoisotopic (exact) mass is 299 g/mol. The summed E-state index contributed by atoms with van der Waals surface area (Å²) >= 11 is 3.55. The summed E-state index contributed by atoms with van der Waals surface area (Å²) in [6.07, 6.45) is 2.27. The maximum absolute atomic E-state index is 5.89. The molecule has 0 heterocycles. The fourth-order valence-corrected chi connectivity index (χ4v) is 3.07. The molecule has 0 saturated heterocycles. The van der Waals surface area contributed by atoms with Gasteiger partial charge in [0.15, 0.2) is 0 Å². The van der Waals surface area contributed by atoms with Crippen molar-refractivity contribution < 1.29 is 9.47 Å². The Labute approximate surface area is 110 Å². The second-order valence-electron chi connectivity index (χ2n) is 4.58. The van der Waals surface area contributed by atoms with Crippen LogP contribution in [0.5, 0.6) is 11.5 Å². The Morgan fingerprint density at radius 1 is 1.29 bits per heavy atom. The highest BCUT2D eigenvalue weighted by Gasteiger charge is 2.45. The summed E-state index contributed by atoms with van der Waals surface area (Å²) in [5, 5.41) is 0. The lowest BCUT2D eigenvalue weighted by Gasteiger charge is -2.21. The highest BCUT2D eigenvalue weighted by Crippen LogP contribution is 2.53. The van der Waals surface area contributed by atoms with Crippen LogP contribution in [0, 0.1) is 6.92 Å². The van der Waals surface area contributed by atoms with E-state index in [2.05, 4.69) is 22.0 Å². The van der Waals surface area contributed by atoms with E-state index in [0.717, 1.165) is 34.4 Å². The molecule has 0 aromatic heterocycles. The van der Waals surface area contributed by atoms with Crippen LogP contribution in [0.3, 0.4) is 0 Å². The lowest BCUT2D eigenvalue weighted by atomic mass is 9.93. The van der Waals surface area contributed by atoms with Gasteiger partial charge in [-0.3, -0.25) is 0 Å². The van der Waals surface area contributed by atoms with Crippen LogP contribution < -0.4 is 15.2 Å². The highest BCUT2D eigenvalue weighted by atomic mass is 79.9. The number of halogens is 1. The maximum atomic E-state index is 5.89. The van der Waals surface area contributed by atoms with Crippen LogP contribution in [0.1, 0.15) is 24.0 Å². The molecule has 0 aliphatic heterocycles. The molecule has 0 amide bonds. The zero-order valence-electron chi connectivity index (χ0n) is 10.5. The quantitative estimate of drug-likeness (QED) is 0.930. The Morgan fingerprint density at radius 2 is 1.88 bits per heavy atom. The SMILES string of the molecule is COc1c(Br)cc(C2(CN)CC2)c(OC)c1C. The molecule has 1 saturated carbocycles. The number of hydrogen-bond acceptors (Lipinski definition) is 3. The molecule has 0 radical (unpaired) electrons. The van der Waals surface area contributed by atoms with Crippen LogP contribution in [0.4, 0.5) is 0 Å². The molecule has 17 heavy (non-hydrogen) atoms. The Hall–Kier alpha value is -0.740. The Bertz CT molecular complexity index is 442. The van der Waals surface area contributed by atoms with E-state index in [-0.39, 0.29) is 5.41 Å². The van der Waals surface area contributed by atoms with Gasteiger partial charge in [-0.25, -0.2) is 0 Å². The summed E-state index contributed by atoms with van der Waals surface area (Å²) in [4.78, 5) is 0. The first-order valence-corrected chi connectivity index (χ1v) is 6.50. The van der Waals surface area contributed by atoms with Crippen molar-refractivity contribution in [3.63, 3.8) is 0 Å². The van der Waals surface area contributed by atoms with E-state index >= 15 is 0 Å². The maximum Gasteiger partial charge on any atom is 0.139 e. The van der Waals surface area contributed by atoms with Crippen molar-refractivity contribution in [3.05, 3.63) is 21.7 Å². The summed E-state index contributed by atoms with van der Waals surface area (Å²) in [6.45, 7) is 2.68. The lowest BCUT2D eigenvalue weighted by Crippen LogP contribution is -2.21. The number of ether oxygens (including phenoxy) is 2. The molecule has 2 rings (SSSR count). The van der Waals surface area contributed by atoms with Gasteiger partial charge < -0.3 is 15.2 Å². The van der Waals surface area contributed by atoms with Crippen molar-refractivity contribution in [2.45, 2.75) is 25.2 Å². The van der Waals surface area contributed by atoms with E-state index in [0.29, 0.717) is 6.54 Å². The third-order valence-electron chi connectivity index (χ3n) is 3.64. The van der Waals surface area contributed by atoms with Gasteiger partial charge in [0, 0.05) is 23.1 Å². The molecule has 0 bridgehead atoms. The summed E-state index contributed by atoms with van der Waals surface area (Å²) in [5.74, 6) is 1.74. The standard InChI is InChI=1S/C13H18BrNO2/c1-8-11(16-2)9(13(7-15)4-5-13)6-10(14)12(8)17-3/h6H,4-5,7,15H2,1-3H3. The average Bonchev–Trinajstić information content (AvgIpc) is 3.10. The summed E-state index contributed by atoms with van der Waals surface area (Å²) < 4.78 is 11.9. The van der Waals surface area contributed by atoms with Crippen LogP contribution in [-0.2, 0) is 5.41 Å².